The monoisotopic (exact) mass is 438 g/mol. The molecule has 0 unspecified atom stereocenters. The van der Waals surface area contributed by atoms with Crippen LogP contribution in [-0.2, 0) is 11.2 Å². The van der Waals surface area contributed by atoms with Gasteiger partial charge in [-0.3, -0.25) is 4.79 Å². The molecule has 5 nitrogen and oxygen atoms in total. The summed E-state index contributed by atoms with van der Waals surface area (Å²) >= 11 is 13.5. The molecule has 0 aliphatic heterocycles. The smallest absolute Gasteiger partial charge is 0.243 e. The van der Waals surface area contributed by atoms with Gasteiger partial charge < -0.3 is 9.88 Å². The SMILES string of the molecule is CSc1nnc(CCCNC(=O)/C=C\c2ccc(Cl)c(Cl)c2)n1C1CCCC1. The highest BCUT2D eigenvalue weighted by molar-refractivity contribution is 7.98. The molecular weight excluding hydrogens is 415 g/mol. The first kappa shape index (κ1) is 21.2. The summed E-state index contributed by atoms with van der Waals surface area (Å²) in [5, 5.41) is 13.6. The molecule has 0 spiro atoms. The van der Waals surface area contributed by atoms with Crippen LogP contribution in [0.2, 0.25) is 10.0 Å². The Labute approximate surface area is 179 Å². The standard InChI is InChI=1S/C20H24Cl2N4OS/c1-28-20-25-24-18(26(20)15-5-2-3-6-15)7-4-12-23-19(27)11-9-14-8-10-16(21)17(22)13-14/h8-11,13,15H,2-7,12H2,1H3,(H,23,27)/b11-9-. The van der Waals surface area contributed by atoms with Crippen molar-refractivity contribution in [2.24, 2.45) is 0 Å². The lowest BCUT2D eigenvalue weighted by Crippen LogP contribution is -2.23. The van der Waals surface area contributed by atoms with Crippen molar-refractivity contribution in [2.75, 3.05) is 12.8 Å². The maximum atomic E-state index is 12.0. The van der Waals surface area contributed by atoms with E-state index in [-0.39, 0.29) is 5.91 Å². The molecule has 0 saturated heterocycles. The lowest BCUT2D eigenvalue weighted by molar-refractivity contribution is -0.116. The van der Waals surface area contributed by atoms with Crippen LogP contribution in [-0.4, -0.2) is 33.5 Å². The van der Waals surface area contributed by atoms with Crippen LogP contribution >= 0.6 is 35.0 Å². The highest BCUT2D eigenvalue weighted by Crippen LogP contribution is 2.33. The molecular formula is C20H24Cl2N4OS. The number of nitrogens with one attached hydrogen (secondary N) is 1. The minimum Gasteiger partial charge on any atom is -0.353 e. The summed E-state index contributed by atoms with van der Waals surface area (Å²) in [7, 11) is 0. The van der Waals surface area contributed by atoms with Gasteiger partial charge in [0.2, 0.25) is 5.91 Å². The van der Waals surface area contributed by atoms with Crippen molar-refractivity contribution < 1.29 is 4.79 Å². The lowest BCUT2D eigenvalue weighted by Gasteiger charge is -2.16. The number of rotatable bonds is 8. The number of aromatic nitrogens is 3. The molecule has 1 aliphatic rings. The predicted molar refractivity (Wildman–Crippen MR) is 116 cm³/mol. The molecule has 1 fully saturated rings. The molecule has 1 N–H and O–H groups in total. The van der Waals surface area contributed by atoms with Crippen LogP contribution in [0.3, 0.4) is 0 Å². The van der Waals surface area contributed by atoms with Crippen molar-refractivity contribution in [1.82, 2.24) is 20.1 Å². The van der Waals surface area contributed by atoms with E-state index in [2.05, 4.69) is 20.1 Å². The van der Waals surface area contributed by atoms with E-state index >= 15 is 0 Å². The second-order valence-corrected chi connectivity index (χ2v) is 8.40. The molecule has 0 bridgehead atoms. The molecule has 2 aromatic rings. The lowest BCUT2D eigenvalue weighted by atomic mass is 10.2. The normalized spacial score (nSPS) is 14.8. The predicted octanol–water partition coefficient (Wildman–Crippen LogP) is 5.18. The number of hydrogen-bond donors (Lipinski definition) is 1. The quantitative estimate of drug-likeness (QED) is 0.350. The van der Waals surface area contributed by atoms with Crippen LogP contribution in [0.1, 0.15) is 49.5 Å². The summed E-state index contributed by atoms with van der Waals surface area (Å²) in [6, 6.07) is 5.78. The third-order valence-corrected chi connectivity index (χ3v) is 6.24. The third-order valence-electron chi connectivity index (χ3n) is 4.85. The van der Waals surface area contributed by atoms with Gasteiger partial charge in [-0.15, -0.1) is 10.2 Å². The molecule has 1 aromatic heterocycles. The topological polar surface area (TPSA) is 59.8 Å². The number of hydrogen-bond acceptors (Lipinski definition) is 4. The van der Waals surface area contributed by atoms with Gasteiger partial charge in [0.15, 0.2) is 5.16 Å². The van der Waals surface area contributed by atoms with Crippen LogP contribution < -0.4 is 5.32 Å². The molecule has 3 rings (SSSR count). The molecule has 28 heavy (non-hydrogen) atoms. The highest BCUT2D eigenvalue weighted by atomic mass is 35.5. The van der Waals surface area contributed by atoms with E-state index in [0.29, 0.717) is 22.6 Å². The van der Waals surface area contributed by atoms with Gasteiger partial charge in [-0.2, -0.15) is 0 Å². The minimum absolute atomic E-state index is 0.131. The minimum atomic E-state index is -0.131. The van der Waals surface area contributed by atoms with E-state index in [9.17, 15) is 4.79 Å². The number of carbonyl (C=O) groups is 1. The Kier molecular flexibility index (Phi) is 7.82. The Bertz CT molecular complexity index is 847. The van der Waals surface area contributed by atoms with Crippen molar-refractivity contribution in [1.29, 1.82) is 0 Å². The Morgan fingerprint density at radius 2 is 2.07 bits per heavy atom. The Balaban J connectivity index is 1.48. The van der Waals surface area contributed by atoms with E-state index in [4.69, 9.17) is 23.2 Å². The number of carbonyl (C=O) groups excluding carboxylic acids is 1. The maximum Gasteiger partial charge on any atom is 0.243 e. The molecule has 8 heteroatoms. The van der Waals surface area contributed by atoms with Gasteiger partial charge in [-0.05, 0) is 49.3 Å². The van der Waals surface area contributed by atoms with Crippen LogP contribution in [0.25, 0.3) is 6.08 Å². The summed E-state index contributed by atoms with van der Waals surface area (Å²) in [4.78, 5) is 12.0. The first-order valence-electron chi connectivity index (χ1n) is 9.47. The first-order chi connectivity index (χ1) is 13.6. The summed E-state index contributed by atoms with van der Waals surface area (Å²) in [5.41, 5.74) is 0.832. The zero-order valence-corrected chi connectivity index (χ0v) is 18.2. The van der Waals surface area contributed by atoms with Gasteiger partial charge in [0.25, 0.3) is 0 Å². The second kappa shape index (κ2) is 10.3. The number of amides is 1. The van der Waals surface area contributed by atoms with Crippen molar-refractivity contribution in [2.45, 2.75) is 49.7 Å². The number of halogens is 2. The number of benzene rings is 1. The van der Waals surface area contributed by atoms with Gasteiger partial charge in [0.1, 0.15) is 5.82 Å². The van der Waals surface area contributed by atoms with Crippen molar-refractivity contribution in [3.05, 3.63) is 45.7 Å². The molecule has 1 heterocycles. The average Bonchev–Trinajstić information content (AvgIpc) is 3.35. The number of thioether (sulfide) groups is 1. The van der Waals surface area contributed by atoms with Crippen LogP contribution in [0.4, 0.5) is 0 Å². The Morgan fingerprint density at radius 1 is 1.29 bits per heavy atom. The molecule has 150 valence electrons. The summed E-state index contributed by atoms with van der Waals surface area (Å²) in [5.74, 6) is 0.894. The number of nitrogens with zero attached hydrogens (tertiary/aromatic N) is 3. The van der Waals surface area contributed by atoms with Gasteiger partial charge in [0.05, 0.1) is 10.0 Å². The second-order valence-electron chi connectivity index (χ2n) is 6.81. The summed E-state index contributed by atoms with van der Waals surface area (Å²) in [6.07, 6.45) is 11.9. The van der Waals surface area contributed by atoms with E-state index in [1.807, 2.05) is 12.3 Å². The molecule has 1 aromatic carbocycles. The fourth-order valence-corrected chi connectivity index (χ4v) is 4.33. The van der Waals surface area contributed by atoms with Crippen LogP contribution in [0.15, 0.2) is 29.4 Å². The first-order valence-corrected chi connectivity index (χ1v) is 11.5. The van der Waals surface area contributed by atoms with Crippen molar-refractivity contribution in [3.8, 4) is 0 Å². The van der Waals surface area contributed by atoms with Gasteiger partial charge in [0, 0.05) is 25.1 Å². The van der Waals surface area contributed by atoms with E-state index in [0.717, 1.165) is 29.4 Å². The third kappa shape index (κ3) is 5.52. The Hall–Kier alpha value is -1.50. The molecule has 1 amide bonds. The zero-order chi connectivity index (χ0) is 19.9. The fraction of sp³-hybridized carbons (Fsp3) is 0.450. The highest BCUT2D eigenvalue weighted by Gasteiger charge is 2.23. The van der Waals surface area contributed by atoms with Gasteiger partial charge >= 0.3 is 0 Å². The molecule has 0 atom stereocenters. The van der Waals surface area contributed by atoms with Gasteiger partial charge in [-0.1, -0.05) is 53.9 Å². The molecule has 1 aliphatic carbocycles. The fourth-order valence-electron chi connectivity index (χ4n) is 3.45. The average molecular weight is 439 g/mol. The summed E-state index contributed by atoms with van der Waals surface area (Å²) < 4.78 is 2.31. The van der Waals surface area contributed by atoms with Crippen molar-refractivity contribution >= 4 is 46.9 Å². The Morgan fingerprint density at radius 3 is 2.79 bits per heavy atom. The van der Waals surface area contributed by atoms with E-state index in [1.165, 1.54) is 31.8 Å². The zero-order valence-electron chi connectivity index (χ0n) is 15.8. The van der Waals surface area contributed by atoms with Gasteiger partial charge in [-0.25, -0.2) is 0 Å². The van der Waals surface area contributed by atoms with Crippen LogP contribution in [0, 0.1) is 0 Å². The maximum absolute atomic E-state index is 12.0. The number of aryl methyl sites for hydroxylation is 1. The summed E-state index contributed by atoms with van der Waals surface area (Å²) in [6.45, 7) is 0.594. The molecule has 1 saturated carbocycles. The van der Waals surface area contributed by atoms with E-state index < -0.39 is 0 Å². The molecule has 0 radical (unpaired) electrons. The largest absolute Gasteiger partial charge is 0.353 e. The van der Waals surface area contributed by atoms with Crippen molar-refractivity contribution in [3.63, 3.8) is 0 Å². The van der Waals surface area contributed by atoms with Crippen LogP contribution in [0.5, 0.6) is 0 Å². The van der Waals surface area contributed by atoms with E-state index in [1.54, 1.807) is 30.0 Å².